The molecule has 7 heteroatoms. The number of anilines is 1. The summed E-state index contributed by atoms with van der Waals surface area (Å²) in [5, 5.41) is 11.7. The van der Waals surface area contributed by atoms with Crippen LogP contribution in [-0.4, -0.2) is 31.8 Å². The Hall–Kier alpha value is -1.60. The normalized spacial score (nSPS) is 11.2. The Labute approximate surface area is 119 Å². The van der Waals surface area contributed by atoms with E-state index >= 15 is 0 Å². The molecule has 0 saturated heterocycles. The quantitative estimate of drug-likeness (QED) is 0.641. The summed E-state index contributed by atoms with van der Waals surface area (Å²) in [6.07, 6.45) is -0.0556. The van der Waals surface area contributed by atoms with Crippen LogP contribution in [0.25, 0.3) is 0 Å². The van der Waals surface area contributed by atoms with Crippen molar-refractivity contribution in [1.82, 2.24) is 5.32 Å². The van der Waals surface area contributed by atoms with E-state index in [2.05, 4.69) is 10.0 Å². The van der Waals surface area contributed by atoms with Crippen molar-refractivity contribution in [1.29, 1.82) is 0 Å². The van der Waals surface area contributed by atoms with Gasteiger partial charge in [0.2, 0.25) is 10.0 Å². The molecule has 0 bridgehead atoms. The molecule has 0 aliphatic heterocycles. The number of aliphatic carboxylic acids is 1. The maximum absolute atomic E-state index is 11.9. The highest BCUT2D eigenvalue weighted by Gasteiger charge is 2.13. The van der Waals surface area contributed by atoms with Crippen LogP contribution in [0.2, 0.25) is 0 Å². The van der Waals surface area contributed by atoms with E-state index in [9.17, 15) is 13.2 Å². The fourth-order valence-electron chi connectivity index (χ4n) is 1.67. The molecule has 0 saturated carbocycles. The third-order valence-electron chi connectivity index (χ3n) is 2.65. The minimum Gasteiger partial charge on any atom is -0.481 e. The average Bonchev–Trinajstić information content (AvgIpc) is 2.36. The van der Waals surface area contributed by atoms with Crippen LogP contribution in [0.1, 0.15) is 25.3 Å². The fourth-order valence-corrected chi connectivity index (χ4v) is 2.83. The lowest BCUT2D eigenvalue weighted by Gasteiger charge is -2.12. The van der Waals surface area contributed by atoms with E-state index in [1.54, 1.807) is 12.1 Å². The van der Waals surface area contributed by atoms with Crippen molar-refractivity contribution in [3.63, 3.8) is 0 Å². The van der Waals surface area contributed by atoms with Crippen molar-refractivity contribution < 1.29 is 18.3 Å². The highest BCUT2D eigenvalue weighted by atomic mass is 32.2. The first-order chi connectivity index (χ1) is 9.44. The number of rotatable bonds is 9. The van der Waals surface area contributed by atoms with Crippen LogP contribution < -0.4 is 10.0 Å². The van der Waals surface area contributed by atoms with E-state index in [0.717, 1.165) is 12.1 Å². The summed E-state index contributed by atoms with van der Waals surface area (Å²) in [5.74, 6) is -1.19. The summed E-state index contributed by atoms with van der Waals surface area (Å²) in [4.78, 5) is 10.4. The molecular formula is C13H20N2O4S. The first kappa shape index (κ1) is 16.5. The van der Waals surface area contributed by atoms with Crippen LogP contribution in [0.5, 0.6) is 0 Å². The number of carbonyl (C=O) groups is 1. The Morgan fingerprint density at radius 3 is 2.65 bits per heavy atom. The summed E-state index contributed by atoms with van der Waals surface area (Å²) in [6.45, 7) is 3.34. The molecule has 112 valence electrons. The SMILES string of the molecule is CCNCc1ccccc1NS(=O)(=O)CCCC(=O)O. The highest BCUT2D eigenvalue weighted by Crippen LogP contribution is 2.16. The third-order valence-corrected chi connectivity index (χ3v) is 4.01. The second-order valence-electron chi connectivity index (χ2n) is 4.36. The van der Waals surface area contributed by atoms with E-state index in [4.69, 9.17) is 5.11 Å². The topological polar surface area (TPSA) is 95.5 Å². The van der Waals surface area contributed by atoms with Crippen LogP contribution in [0.3, 0.4) is 0 Å². The van der Waals surface area contributed by atoms with E-state index in [1.165, 1.54) is 0 Å². The molecule has 0 aromatic heterocycles. The molecule has 20 heavy (non-hydrogen) atoms. The molecule has 6 nitrogen and oxygen atoms in total. The van der Waals surface area contributed by atoms with Crippen molar-refractivity contribution in [2.24, 2.45) is 0 Å². The van der Waals surface area contributed by atoms with Crippen molar-refractivity contribution in [2.75, 3.05) is 17.0 Å². The van der Waals surface area contributed by atoms with E-state index < -0.39 is 16.0 Å². The van der Waals surface area contributed by atoms with Gasteiger partial charge in [0.15, 0.2) is 0 Å². The van der Waals surface area contributed by atoms with Crippen molar-refractivity contribution >= 4 is 21.7 Å². The molecule has 1 aromatic rings. The van der Waals surface area contributed by atoms with Gasteiger partial charge in [0.05, 0.1) is 11.4 Å². The van der Waals surface area contributed by atoms with Crippen LogP contribution in [-0.2, 0) is 21.4 Å². The molecule has 1 aromatic carbocycles. The predicted molar refractivity (Wildman–Crippen MR) is 78.1 cm³/mol. The summed E-state index contributed by atoms with van der Waals surface area (Å²) in [7, 11) is -3.52. The highest BCUT2D eigenvalue weighted by molar-refractivity contribution is 7.92. The molecular weight excluding hydrogens is 280 g/mol. The maximum atomic E-state index is 11.9. The molecule has 0 fully saturated rings. The van der Waals surface area contributed by atoms with Crippen molar-refractivity contribution in [3.05, 3.63) is 29.8 Å². The second-order valence-corrected chi connectivity index (χ2v) is 6.20. The zero-order chi connectivity index (χ0) is 15.0. The van der Waals surface area contributed by atoms with Crippen LogP contribution >= 0.6 is 0 Å². The number of nitrogens with one attached hydrogen (secondary N) is 2. The van der Waals surface area contributed by atoms with E-state index in [1.807, 2.05) is 19.1 Å². The van der Waals surface area contributed by atoms with E-state index in [0.29, 0.717) is 12.2 Å². The lowest BCUT2D eigenvalue weighted by atomic mass is 10.2. The number of sulfonamides is 1. The van der Waals surface area contributed by atoms with Crippen LogP contribution in [0, 0.1) is 0 Å². The summed E-state index contributed by atoms with van der Waals surface area (Å²) in [6, 6.07) is 7.14. The Balaban J connectivity index is 2.68. The minimum atomic E-state index is -3.52. The van der Waals surface area contributed by atoms with Gasteiger partial charge in [0.25, 0.3) is 0 Å². The number of para-hydroxylation sites is 1. The zero-order valence-electron chi connectivity index (χ0n) is 11.4. The molecule has 0 aliphatic carbocycles. The van der Waals surface area contributed by atoms with Crippen LogP contribution in [0.4, 0.5) is 5.69 Å². The standard InChI is InChI=1S/C13H20N2O4S/c1-2-14-10-11-6-3-4-7-12(11)15-20(18,19)9-5-8-13(16)17/h3-4,6-7,14-15H,2,5,8-10H2,1H3,(H,16,17). The molecule has 0 atom stereocenters. The maximum Gasteiger partial charge on any atom is 0.303 e. The van der Waals surface area contributed by atoms with Gasteiger partial charge in [-0.3, -0.25) is 9.52 Å². The number of carboxylic acid groups (broad SMARTS) is 1. The lowest BCUT2D eigenvalue weighted by molar-refractivity contribution is -0.137. The van der Waals surface area contributed by atoms with Gasteiger partial charge in [0, 0.05) is 13.0 Å². The van der Waals surface area contributed by atoms with Gasteiger partial charge < -0.3 is 10.4 Å². The van der Waals surface area contributed by atoms with Crippen LogP contribution in [0.15, 0.2) is 24.3 Å². The number of benzene rings is 1. The average molecular weight is 300 g/mol. The summed E-state index contributed by atoms with van der Waals surface area (Å²) in [5.41, 5.74) is 1.39. The second kappa shape index (κ2) is 7.86. The molecule has 0 heterocycles. The first-order valence-corrected chi connectivity index (χ1v) is 8.10. The van der Waals surface area contributed by atoms with Gasteiger partial charge >= 0.3 is 5.97 Å². The Morgan fingerprint density at radius 2 is 2.00 bits per heavy atom. The molecule has 1 rings (SSSR count). The molecule has 0 spiro atoms. The van der Waals surface area contributed by atoms with Gasteiger partial charge in [-0.1, -0.05) is 25.1 Å². The number of carboxylic acids is 1. The number of hydrogen-bond acceptors (Lipinski definition) is 4. The monoisotopic (exact) mass is 300 g/mol. The van der Waals surface area contributed by atoms with Gasteiger partial charge in [0.1, 0.15) is 0 Å². The largest absolute Gasteiger partial charge is 0.481 e. The van der Waals surface area contributed by atoms with Crippen molar-refractivity contribution in [2.45, 2.75) is 26.3 Å². The minimum absolute atomic E-state index is 0.0973. The first-order valence-electron chi connectivity index (χ1n) is 6.45. The molecule has 0 amide bonds. The zero-order valence-corrected chi connectivity index (χ0v) is 12.2. The molecule has 3 N–H and O–H groups in total. The molecule has 0 aliphatic rings. The predicted octanol–water partition coefficient (Wildman–Crippen LogP) is 1.40. The lowest BCUT2D eigenvalue weighted by Crippen LogP contribution is -2.20. The number of hydrogen-bond donors (Lipinski definition) is 3. The Bertz CT molecular complexity index is 543. The fraction of sp³-hybridized carbons (Fsp3) is 0.462. The van der Waals surface area contributed by atoms with E-state index in [-0.39, 0.29) is 18.6 Å². The Morgan fingerprint density at radius 1 is 1.30 bits per heavy atom. The van der Waals surface area contributed by atoms with Crippen molar-refractivity contribution in [3.8, 4) is 0 Å². The van der Waals surface area contributed by atoms with Gasteiger partial charge in [-0.05, 0) is 24.6 Å². The Kier molecular flexibility index (Phi) is 6.47. The smallest absolute Gasteiger partial charge is 0.303 e. The molecule has 0 unspecified atom stereocenters. The summed E-state index contributed by atoms with van der Waals surface area (Å²) < 4.78 is 26.3. The summed E-state index contributed by atoms with van der Waals surface area (Å²) >= 11 is 0. The van der Waals surface area contributed by atoms with Gasteiger partial charge in [-0.25, -0.2) is 8.42 Å². The third kappa shape index (κ3) is 6.03. The van der Waals surface area contributed by atoms with Gasteiger partial charge in [-0.2, -0.15) is 0 Å². The molecule has 0 radical (unpaired) electrons. The van der Waals surface area contributed by atoms with Gasteiger partial charge in [-0.15, -0.1) is 0 Å².